The Morgan fingerprint density at radius 1 is 1.44 bits per heavy atom. The highest BCUT2D eigenvalue weighted by Gasteiger charge is 2.28. The summed E-state index contributed by atoms with van der Waals surface area (Å²) in [4.78, 5) is 9.57. The highest BCUT2D eigenvalue weighted by atomic mass is 32.1. The number of aromatic nitrogens is 1. The summed E-state index contributed by atoms with van der Waals surface area (Å²) in [6.45, 7) is 4.13. The number of nitrogens with zero attached hydrogens (tertiary/aromatic N) is 1. The summed E-state index contributed by atoms with van der Waals surface area (Å²) < 4.78 is 35.4. The molecule has 0 radical (unpaired) electrons. The van der Waals surface area contributed by atoms with E-state index >= 15 is 0 Å². The van der Waals surface area contributed by atoms with E-state index in [1.165, 1.54) is 11.3 Å². The van der Waals surface area contributed by atoms with E-state index in [2.05, 4.69) is 15.3 Å². The topological polar surface area (TPSA) is 34.2 Å². The maximum Gasteiger partial charge on any atom is 0.413 e. The maximum atomic E-state index is 11.8. The van der Waals surface area contributed by atoms with Crippen LogP contribution in [0.1, 0.15) is 28.5 Å². The van der Waals surface area contributed by atoms with E-state index < -0.39 is 12.8 Å². The molecule has 0 amide bonds. The van der Waals surface area contributed by atoms with Crippen LogP contribution in [0.2, 0.25) is 0 Å². The number of halogens is 3. The van der Waals surface area contributed by atoms with Crippen molar-refractivity contribution >= 4 is 11.3 Å². The molecule has 0 saturated heterocycles. The van der Waals surface area contributed by atoms with Gasteiger partial charge in [0.2, 0.25) is 0 Å². The van der Waals surface area contributed by atoms with Crippen LogP contribution in [0.15, 0.2) is 0 Å². The van der Waals surface area contributed by atoms with Crippen molar-refractivity contribution in [2.24, 2.45) is 0 Å². The maximum absolute atomic E-state index is 11.8. The molecule has 1 N–H and O–H groups in total. The van der Waals surface area contributed by atoms with Gasteiger partial charge in [0.25, 0.3) is 0 Å². The summed E-state index contributed by atoms with van der Waals surface area (Å²) >= 11 is 1.51. The Labute approximate surface area is 95.6 Å². The van der Waals surface area contributed by atoms with Gasteiger partial charge in [0.05, 0.1) is 16.7 Å². The van der Waals surface area contributed by atoms with E-state index in [0.29, 0.717) is 0 Å². The van der Waals surface area contributed by atoms with E-state index in [1.54, 1.807) is 6.92 Å². The average Bonchev–Trinajstić information content (AvgIpc) is 2.43. The molecule has 3 nitrogen and oxygen atoms in total. The van der Waals surface area contributed by atoms with Crippen molar-refractivity contribution in [3.63, 3.8) is 0 Å². The Balaban J connectivity index is 2.47. The van der Waals surface area contributed by atoms with Crippen molar-refractivity contribution in [3.05, 3.63) is 15.6 Å². The quantitative estimate of drug-likeness (QED) is 0.839. The van der Waals surface area contributed by atoms with Gasteiger partial charge < -0.3 is 0 Å². The van der Waals surface area contributed by atoms with Crippen molar-refractivity contribution in [3.8, 4) is 0 Å². The molecular weight excluding hydrogens is 241 g/mol. The standard InChI is InChI=1S/C9H13F3N2OS/c1-5(14-15-4-9(10,11)12)8-6(2)16-7(3)13-8/h5,14H,4H2,1-3H3. The molecule has 0 bridgehead atoms. The molecule has 0 aliphatic rings. The van der Waals surface area contributed by atoms with Gasteiger partial charge in [-0.15, -0.1) is 11.3 Å². The predicted molar refractivity (Wildman–Crippen MR) is 55.1 cm³/mol. The number of hydrogen-bond acceptors (Lipinski definition) is 4. The van der Waals surface area contributed by atoms with Gasteiger partial charge in [-0.25, -0.2) is 4.98 Å². The molecule has 1 heterocycles. The van der Waals surface area contributed by atoms with Gasteiger partial charge in [0.1, 0.15) is 0 Å². The van der Waals surface area contributed by atoms with Gasteiger partial charge in [-0.2, -0.15) is 18.7 Å². The molecule has 16 heavy (non-hydrogen) atoms. The summed E-state index contributed by atoms with van der Waals surface area (Å²) in [5.74, 6) is 0. The van der Waals surface area contributed by atoms with Gasteiger partial charge in [-0.3, -0.25) is 4.84 Å². The summed E-state index contributed by atoms with van der Waals surface area (Å²) in [6, 6.07) is -0.354. The molecule has 0 aliphatic carbocycles. The minimum Gasteiger partial charge on any atom is -0.292 e. The molecule has 1 unspecified atom stereocenters. The molecule has 1 rings (SSSR count). The first-order chi connectivity index (χ1) is 7.29. The van der Waals surface area contributed by atoms with Crippen LogP contribution in [-0.4, -0.2) is 17.8 Å². The SMILES string of the molecule is Cc1nc(C(C)NOCC(F)(F)F)c(C)s1. The lowest BCUT2D eigenvalue weighted by Crippen LogP contribution is -2.27. The van der Waals surface area contributed by atoms with Gasteiger partial charge in [-0.05, 0) is 20.8 Å². The van der Waals surface area contributed by atoms with Crippen LogP contribution in [0.3, 0.4) is 0 Å². The summed E-state index contributed by atoms with van der Waals surface area (Å²) in [5.41, 5.74) is 3.06. The Kier molecular flexibility index (Phi) is 4.28. The Hall–Kier alpha value is -0.660. The van der Waals surface area contributed by atoms with Crippen molar-refractivity contribution in [1.82, 2.24) is 10.5 Å². The number of alkyl halides is 3. The molecule has 1 aromatic heterocycles. The Morgan fingerprint density at radius 3 is 2.50 bits per heavy atom. The van der Waals surface area contributed by atoms with Crippen molar-refractivity contribution in [2.75, 3.05) is 6.61 Å². The molecule has 7 heteroatoms. The van der Waals surface area contributed by atoms with Crippen LogP contribution in [0, 0.1) is 13.8 Å². The molecule has 1 aromatic rings. The number of nitrogens with one attached hydrogen (secondary N) is 1. The summed E-state index contributed by atoms with van der Waals surface area (Å²) in [5, 5.41) is 0.886. The Morgan fingerprint density at radius 2 is 2.06 bits per heavy atom. The zero-order valence-corrected chi connectivity index (χ0v) is 10.00. The lowest BCUT2D eigenvalue weighted by atomic mass is 10.2. The van der Waals surface area contributed by atoms with Gasteiger partial charge in [-0.1, -0.05) is 0 Å². The lowest BCUT2D eigenvalue weighted by Gasteiger charge is -2.13. The van der Waals surface area contributed by atoms with E-state index in [4.69, 9.17) is 0 Å². The second-order valence-electron chi connectivity index (χ2n) is 3.42. The number of hydroxylamine groups is 1. The third kappa shape index (κ3) is 4.07. The Bertz CT molecular complexity index is 351. The van der Waals surface area contributed by atoms with Gasteiger partial charge in [0.15, 0.2) is 6.61 Å². The minimum atomic E-state index is -4.32. The third-order valence-corrected chi connectivity index (χ3v) is 2.75. The number of hydrogen-bond donors (Lipinski definition) is 1. The monoisotopic (exact) mass is 254 g/mol. The largest absolute Gasteiger partial charge is 0.413 e. The highest BCUT2D eigenvalue weighted by molar-refractivity contribution is 7.11. The summed E-state index contributed by atoms with van der Waals surface area (Å²) in [7, 11) is 0. The number of rotatable bonds is 4. The average molecular weight is 254 g/mol. The molecular formula is C9H13F3N2OS. The van der Waals surface area contributed by atoms with E-state index in [-0.39, 0.29) is 6.04 Å². The van der Waals surface area contributed by atoms with Crippen LogP contribution in [0.25, 0.3) is 0 Å². The van der Waals surface area contributed by atoms with E-state index in [0.717, 1.165) is 15.6 Å². The first kappa shape index (κ1) is 13.4. The molecule has 1 atom stereocenters. The lowest BCUT2D eigenvalue weighted by molar-refractivity contribution is -0.192. The fourth-order valence-corrected chi connectivity index (χ4v) is 2.17. The molecule has 0 spiro atoms. The van der Waals surface area contributed by atoms with Crippen molar-refractivity contribution in [2.45, 2.75) is 33.0 Å². The minimum absolute atomic E-state index is 0.354. The molecule has 0 saturated carbocycles. The van der Waals surface area contributed by atoms with Crippen molar-refractivity contribution < 1.29 is 18.0 Å². The normalized spacial score (nSPS) is 14.1. The number of thiazole rings is 1. The van der Waals surface area contributed by atoms with Gasteiger partial charge in [0, 0.05) is 4.88 Å². The highest BCUT2D eigenvalue weighted by Crippen LogP contribution is 2.22. The fraction of sp³-hybridized carbons (Fsp3) is 0.667. The third-order valence-electron chi connectivity index (χ3n) is 1.85. The van der Waals surface area contributed by atoms with Crippen molar-refractivity contribution in [1.29, 1.82) is 0 Å². The van der Waals surface area contributed by atoms with Crippen LogP contribution in [0.5, 0.6) is 0 Å². The first-order valence-electron chi connectivity index (χ1n) is 4.67. The summed E-state index contributed by atoms with van der Waals surface area (Å²) in [6.07, 6.45) is -4.32. The van der Waals surface area contributed by atoms with E-state index in [9.17, 15) is 13.2 Å². The first-order valence-corrected chi connectivity index (χ1v) is 5.49. The van der Waals surface area contributed by atoms with Gasteiger partial charge >= 0.3 is 6.18 Å². The molecule has 0 aliphatic heterocycles. The smallest absolute Gasteiger partial charge is 0.292 e. The fourth-order valence-electron chi connectivity index (χ4n) is 1.25. The number of aryl methyl sites for hydroxylation is 2. The zero-order chi connectivity index (χ0) is 12.3. The van der Waals surface area contributed by atoms with E-state index in [1.807, 2.05) is 13.8 Å². The molecule has 0 fully saturated rings. The predicted octanol–water partition coefficient (Wildman–Crippen LogP) is 2.90. The second-order valence-corrected chi connectivity index (χ2v) is 4.83. The van der Waals surface area contributed by atoms with Crippen LogP contribution >= 0.6 is 11.3 Å². The van der Waals surface area contributed by atoms with Crippen LogP contribution in [0.4, 0.5) is 13.2 Å². The molecule has 92 valence electrons. The van der Waals surface area contributed by atoms with Crippen LogP contribution < -0.4 is 5.48 Å². The van der Waals surface area contributed by atoms with Crippen LogP contribution in [-0.2, 0) is 4.84 Å². The molecule has 0 aromatic carbocycles. The second kappa shape index (κ2) is 5.11. The zero-order valence-electron chi connectivity index (χ0n) is 9.18.